The maximum Gasteiger partial charge on any atom is 0.269 e. The molecule has 1 aliphatic heterocycles. The van der Waals surface area contributed by atoms with Gasteiger partial charge in [-0.05, 0) is 54.5 Å². The van der Waals surface area contributed by atoms with Crippen molar-refractivity contribution >= 4 is 11.6 Å². The van der Waals surface area contributed by atoms with Crippen molar-refractivity contribution in [1.82, 2.24) is 25.5 Å². The van der Waals surface area contributed by atoms with Crippen molar-refractivity contribution in [3.63, 3.8) is 0 Å². The third-order valence-corrected chi connectivity index (χ3v) is 6.33. The van der Waals surface area contributed by atoms with Gasteiger partial charge < -0.3 is 10.2 Å². The van der Waals surface area contributed by atoms with E-state index in [2.05, 4.69) is 57.2 Å². The molecule has 1 aliphatic rings. The van der Waals surface area contributed by atoms with E-state index in [0.29, 0.717) is 17.0 Å². The maximum atomic E-state index is 12.0. The summed E-state index contributed by atoms with van der Waals surface area (Å²) in [5.74, 6) is 0.442. The number of carbonyl (C=O) groups is 1. The van der Waals surface area contributed by atoms with E-state index in [4.69, 9.17) is 0 Å². The molecule has 1 fully saturated rings. The van der Waals surface area contributed by atoms with E-state index in [-0.39, 0.29) is 5.91 Å². The van der Waals surface area contributed by atoms with Gasteiger partial charge in [-0.3, -0.25) is 14.8 Å². The lowest BCUT2D eigenvalue weighted by Crippen LogP contribution is -2.25. The molecular formula is C25H30N6O. The Morgan fingerprint density at radius 3 is 2.66 bits per heavy atom. The molecule has 7 nitrogen and oxygen atoms in total. The van der Waals surface area contributed by atoms with Crippen molar-refractivity contribution in [3.05, 3.63) is 54.2 Å². The zero-order valence-electron chi connectivity index (χ0n) is 19.4. The number of anilines is 1. The zero-order chi connectivity index (χ0) is 22.9. The second kappa shape index (κ2) is 8.65. The van der Waals surface area contributed by atoms with E-state index in [0.717, 1.165) is 46.9 Å². The molecule has 1 N–H and O–H groups in total. The predicted octanol–water partition coefficient (Wildman–Crippen LogP) is 4.14. The Bertz CT molecular complexity index is 1140. The summed E-state index contributed by atoms with van der Waals surface area (Å²) in [6.07, 6.45) is 6.48. The fourth-order valence-corrected chi connectivity index (χ4v) is 4.17. The van der Waals surface area contributed by atoms with Gasteiger partial charge in [0.05, 0.1) is 23.8 Å². The predicted molar refractivity (Wildman–Crippen MR) is 126 cm³/mol. The summed E-state index contributed by atoms with van der Waals surface area (Å²) >= 11 is 0. The molecule has 1 unspecified atom stereocenters. The molecule has 0 bridgehead atoms. The fraction of sp³-hybridized carbons (Fsp3) is 0.400. The summed E-state index contributed by atoms with van der Waals surface area (Å²) < 4.78 is 0. The van der Waals surface area contributed by atoms with Gasteiger partial charge in [0.2, 0.25) is 0 Å². The number of pyridine rings is 2. The molecule has 1 amide bonds. The standard InChI is InChI=1S/C25H30N6O/c1-16-21(12-20(14-28-16)31-9-7-19(15-31)25(2,3)4)22-11-18(13-29-30-22)17-6-8-27-23(10-17)24(32)26-5/h6,8,10-14,19H,7,9,15H2,1-5H3,(H,26,32). The SMILES string of the molecule is CNC(=O)c1cc(-c2cnnc(-c3cc(N4CCC(C(C)(C)C)C4)cnc3C)c2)ccn1. The molecule has 166 valence electrons. The third-order valence-electron chi connectivity index (χ3n) is 6.33. The topological polar surface area (TPSA) is 83.9 Å². The number of aryl methyl sites for hydroxylation is 1. The van der Waals surface area contributed by atoms with Crippen LogP contribution in [-0.4, -0.2) is 46.2 Å². The van der Waals surface area contributed by atoms with E-state index >= 15 is 0 Å². The number of hydrogen-bond acceptors (Lipinski definition) is 6. The van der Waals surface area contributed by atoms with Gasteiger partial charge >= 0.3 is 0 Å². The van der Waals surface area contributed by atoms with Gasteiger partial charge in [0.1, 0.15) is 5.69 Å². The molecule has 3 aromatic rings. The lowest BCUT2D eigenvalue weighted by atomic mass is 9.80. The Morgan fingerprint density at radius 1 is 1.12 bits per heavy atom. The summed E-state index contributed by atoms with van der Waals surface area (Å²) in [6, 6.07) is 7.79. The third kappa shape index (κ3) is 4.47. The van der Waals surface area contributed by atoms with Crippen LogP contribution in [0.5, 0.6) is 0 Å². The Labute approximate surface area is 189 Å². The van der Waals surface area contributed by atoms with E-state index < -0.39 is 0 Å². The Kier molecular flexibility index (Phi) is 5.91. The Morgan fingerprint density at radius 2 is 1.94 bits per heavy atom. The van der Waals surface area contributed by atoms with Crippen molar-refractivity contribution < 1.29 is 4.79 Å². The van der Waals surface area contributed by atoms with Crippen LogP contribution in [0, 0.1) is 18.3 Å². The first-order valence-electron chi connectivity index (χ1n) is 11.0. The number of nitrogens with one attached hydrogen (secondary N) is 1. The quantitative estimate of drug-likeness (QED) is 0.670. The lowest BCUT2D eigenvalue weighted by Gasteiger charge is -2.27. The van der Waals surface area contributed by atoms with Crippen LogP contribution in [0.15, 0.2) is 42.9 Å². The van der Waals surface area contributed by atoms with Gasteiger partial charge in [-0.15, -0.1) is 0 Å². The molecule has 0 aliphatic carbocycles. The number of aromatic nitrogens is 4. The smallest absolute Gasteiger partial charge is 0.269 e. The minimum Gasteiger partial charge on any atom is -0.370 e. The van der Waals surface area contributed by atoms with Crippen LogP contribution in [0.4, 0.5) is 5.69 Å². The first-order chi connectivity index (χ1) is 15.3. The largest absolute Gasteiger partial charge is 0.370 e. The number of carbonyl (C=O) groups excluding carboxylic acids is 1. The van der Waals surface area contributed by atoms with Gasteiger partial charge in [0, 0.05) is 43.2 Å². The average molecular weight is 431 g/mol. The summed E-state index contributed by atoms with van der Waals surface area (Å²) in [5.41, 5.74) is 6.17. The molecule has 4 heterocycles. The molecule has 0 aromatic carbocycles. The van der Waals surface area contributed by atoms with Crippen LogP contribution in [0.2, 0.25) is 0 Å². The number of rotatable bonds is 4. The van der Waals surface area contributed by atoms with Gasteiger partial charge in [-0.2, -0.15) is 10.2 Å². The van der Waals surface area contributed by atoms with Crippen molar-refractivity contribution in [1.29, 1.82) is 0 Å². The van der Waals surface area contributed by atoms with Crippen molar-refractivity contribution in [3.8, 4) is 22.4 Å². The molecular weight excluding hydrogens is 400 g/mol. The Balaban J connectivity index is 1.65. The van der Waals surface area contributed by atoms with Gasteiger partial charge in [-0.25, -0.2) is 0 Å². The lowest BCUT2D eigenvalue weighted by molar-refractivity contribution is 0.0958. The minimum atomic E-state index is -0.221. The highest BCUT2D eigenvalue weighted by Crippen LogP contribution is 2.36. The summed E-state index contributed by atoms with van der Waals surface area (Å²) in [6.45, 7) is 11.0. The highest BCUT2D eigenvalue weighted by molar-refractivity contribution is 5.93. The zero-order valence-corrected chi connectivity index (χ0v) is 19.4. The number of nitrogens with zero attached hydrogens (tertiary/aromatic N) is 5. The highest BCUT2D eigenvalue weighted by Gasteiger charge is 2.32. The first-order valence-corrected chi connectivity index (χ1v) is 11.0. The van der Waals surface area contributed by atoms with Crippen molar-refractivity contribution in [2.75, 3.05) is 25.0 Å². The Hall–Kier alpha value is -3.35. The van der Waals surface area contributed by atoms with Crippen LogP contribution in [0.3, 0.4) is 0 Å². The molecule has 0 radical (unpaired) electrons. The van der Waals surface area contributed by atoms with Gasteiger partial charge in [0.15, 0.2) is 0 Å². The molecule has 3 aromatic heterocycles. The normalized spacial score (nSPS) is 16.3. The molecule has 4 rings (SSSR count). The molecule has 7 heteroatoms. The second-order valence-electron chi connectivity index (χ2n) is 9.46. The molecule has 0 saturated carbocycles. The van der Waals surface area contributed by atoms with Crippen LogP contribution in [0.1, 0.15) is 43.4 Å². The van der Waals surface area contributed by atoms with Gasteiger partial charge in [0.25, 0.3) is 5.91 Å². The van der Waals surface area contributed by atoms with Crippen molar-refractivity contribution in [2.45, 2.75) is 34.1 Å². The molecule has 0 spiro atoms. The highest BCUT2D eigenvalue weighted by atomic mass is 16.1. The van der Waals surface area contributed by atoms with Crippen LogP contribution < -0.4 is 10.2 Å². The van der Waals surface area contributed by atoms with E-state index in [1.54, 1.807) is 25.5 Å². The minimum absolute atomic E-state index is 0.221. The molecule has 1 atom stereocenters. The number of amides is 1. The summed E-state index contributed by atoms with van der Waals surface area (Å²) in [5, 5.41) is 11.2. The number of hydrogen-bond donors (Lipinski definition) is 1. The van der Waals surface area contributed by atoms with E-state index in [1.165, 1.54) is 6.42 Å². The van der Waals surface area contributed by atoms with Gasteiger partial charge in [-0.1, -0.05) is 20.8 Å². The van der Waals surface area contributed by atoms with Crippen LogP contribution >= 0.6 is 0 Å². The molecule has 32 heavy (non-hydrogen) atoms. The maximum absolute atomic E-state index is 12.0. The summed E-state index contributed by atoms with van der Waals surface area (Å²) in [4.78, 5) is 23.2. The average Bonchev–Trinajstić information content (AvgIpc) is 3.30. The van der Waals surface area contributed by atoms with E-state index in [9.17, 15) is 4.79 Å². The van der Waals surface area contributed by atoms with E-state index in [1.807, 2.05) is 25.3 Å². The summed E-state index contributed by atoms with van der Waals surface area (Å²) in [7, 11) is 1.59. The monoisotopic (exact) mass is 430 g/mol. The second-order valence-corrected chi connectivity index (χ2v) is 9.46. The van der Waals surface area contributed by atoms with Crippen LogP contribution in [-0.2, 0) is 0 Å². The van der Waals surface area contributed by atoms with Crippen LogP contribution in [0.25, 0.3) is 22.4 Å². The fourth-order valence-electron chi connectivity index (χ4n) is 4.17. The first kappa shape index (κ1) is 21.9. The van der Waals surface area contributed by atoms with Crippen molar-refractivity contribution in [2.24, 2.45) is 11.3 Å². The molecule has 1 saturated heterocycles.